The van der Waals surface area contributed by atoms with Crippen LogP contribution in [0.3, 0.4) is 0 Å². The van der Waals surface area contributed by atoms with E-state index in [0.717, 1.165) is 10.9 Å². The van der Waals surface area contributed by atoms with Crippen molar-refractivity contribution in [3.8, 4) is 0 Å². The monoisotopic (exact) mass is 294 g/mol. The molecule has 6 heteroatoms. The maximum atomic E-state index is 12.1. The Kier molecular flexibility index (Phi) is 3.82. The second-order valence-corrected chi connectivity index (χ2v) is 4.71. The lowest BCUT2D eigenvalue weighted by Crippen LogP contribution is -2.33. The summed E-state index contributed by atoms with van der Waals surface area (Å²) in [7, 11) is 0. The molecule has 0 radical (unpaired) electrons. The number of para-hydroxylation sites is 2. The summed E-state index contributed by atoms with van der Waals surface area (Å²) < 4.78 is 0. The van der Waals surface area contributed by atoms with Gasteiger partial charge in [-0.3, -0.25) is 14.7 Å². The number of hydrogen-bond donors (Lipinski definition) is 3. The number of nitrogens with zero attached hydrogens (tertiary/aromatic N) is 1. The molecule has 1 heterocycles. The molecule has 0 aliphatic heterocycles. The molecule has 0 fully saturated rings. The molecule has 22 heavy (non-hydrogen) atoms. The van der Waals surface area contributed by atoms with Gasteiger partial charge < -0.3 is 10.6 Å². The second-order valence-electron chi connectivity index (χ2n) is 4.71. The Labute approximate surface area is 126 Å². The van der Waals surface area contributed by atoms with E-state index >= 15 is 0 Å². The molecule has 6 nitrogen and oxygen atoms in total. The number of carbonyl (C=O) groups excluding carboxylic acids is 2. The van der Waals surface area contributed by atoms with Crippen LogP contribution in [0.15, 0.2) is 54.6 Å². The lowest BCUT2D eigenvalue weighted by molar-refractivity contribution is -0.115. The third-order valence-corrected chi connectivity index (χ3v) is 3.15. The van der Waals surface area contributed by atoms with Crippen molar-refractivity contribution < 1.29 is 9.59 Å². The van der Waals surface area contributed by atoms with Crippen LogP contribution in [0.4, 0.5) is 5.69 Å². The Bertz CT molecular complexity index is 811. The van der Waals surface area contributed by atoms with Crippen LogP contribution in [0.1, 0.15) is 10.5 Å². The molecule has 0 saturated carbocycles. The second kappa shape index (κ2) is 6.09. The first kappa shape index (κ1) is 13.8. The Morgan fingerprint density at radius 3 is 2.55 bits per heavy atom. The molecule has 110 valence electrons. The van der Waals surface area contributed by atoms with Crippen molar-refractivity contribution in [3.05, 3.63) is 60.3 Å². The molecule has 0 unspecified atom stereocenters. The molecular formula is C16H14N4O2. The molecule has 0 aliphatic rings. The normalized spacial score (nSPS) is 10.4. The number of amides is 2. The van der Waals surface area contributed by atoms with E-state index in [4.69, 9.17) is 0 Å². The van der Waals surface area contributed by atoms with Crippen LogP contribution in [-0.2, 0) is 4.79 Å². The van der Waals surface area contributed by atoms with Gasteiger partial charge in [0.25, 0.3) is 5.91 Å². The number of H-pyrrole nitrogens is 1. The molecule has 0 bridgehead atoms. The summed E-state index contributed by atoms with van der Waals surface area (Å²) in [6, 6.07) is 16.4. The van der Waals surface area contributed by atoms with Crippen molar-refractivity contribution in [3.63, 3.8) is 0 Å². The number of aromatic amines is 1. The van der Waals surface area contributed by atoms with Crippen LogP contribution < -0.4 is 10.6 Å². The largest absolute Gasteiger partial charge is 0.342 e. The Hall–Kier alpha value is -3.15. The molecule has 2 amide bonds. The molecule has 0 aliphatic carbocycles. The molecule has 3 N–H and O–H groups in total. The van der Waals surface area contributed by atoms with Crippen LogP contribution in [0.2, 0.25) is 0 Å². The molecule has 0 saturated heterocycles. The van der Waals surface area contributed by atoms with Crippen molar-refractivity contribution >= 4 is 28.4 Å². The van der Waals surface area contributed by atoms with E-state index in [9.17, 15) is 9.59 Å². The molecule has 0 spiro atoms. The van der Waals surface area contributed by atoms with Gasteiger partial charge in [-0.1, -0.05) is 36.4 Å². The van der Waals surface area contributed by atoms with Crippen molar-refractivity contribution in [2.24, 2.45) is 0 Å². The van der Waals surface area contributed by atoms with E-state index in [1.807, 2.05) is 36.4 Å². The van der Waals surface area contributed by atoms with Gasteiger partial charge in [-0.2, -0.15) is 5.10 Å². The van der Waals surface area contributed by atoms with Gasteiger partial charge in [-0.25, -0.2) is 0 Å². The van der Waals surface area contributed by atoms with Crippen LogP contribution >= 0.6 is 0 Å². The first-order valence-electron chi connectivity index (χ1n) is 6.80. The Balaban J connectivity index is 1.61. The average molecular weight is 294 g/mol. The molecule has 2 aromatic carbocycles. The van der Waals surface area contributed by atoms with Gasteiger partial charge >= 0.3 is 0 Å². The van der Waals surface area contributed by atoms with E-state index in [1.54, 1.807) is 18.2 Å². The number of aromatic nitrogens is 2. The van der Waals surface area contributed by atoms with Gasteiger partial charge in [-0.05, 0) is 18.2 Å². The summed E-state index contributed by atoms with van der Waals surface area (Å²) in [5.74, 6) is -0.681. The standard InChI is InChI=1S/C16H14N4O2/c21-14(18-11-6-2-1-3-7-11)10-17-16(22)15-12-8-4-5-9-13(12)19-20-15/h1-9H,10H2,(H,17,22)(H,18,21)(H,19,20). The van der Waals surface area contributed by atoms with Crippen LogP contribution in [0, 0.1) is 0 Å². The van der Waals surface area contributed by atoms with Crippen molar-refractivity contribution in [2.45, 2.75) is 0 Å². The summed E-state index contributed by atoms with van der Waals surface area (Å²) >= 11 is 0. The van der Waals surface area contributed by atoms with Gasteiger partial charge in [0.2, 0.25) is 5.91 Å². The van der Waals surface area contributed by atoms with Gasteiger partial charge in [0.1, 0.15) is 0 Å². The molecule has 3 aromatic rings. The molecule has 0 atom stereocenters. The minimum atomic E-state index is -0.388. The maximum Gasteiger partial charge on any atom is 0.272 e. The van der Waals surface area contributed by atoms with Gasteiger partial charge in [0.15, 0.2) is 5.69 Å². The van der Waals surface area contributed by atoms with Crippen molar-refractivity contribution in [1.82, 2.24) is 15.5 Å². The number of nitrogens with one attached hydrogen (secondary N) is 3. The summed E-state index contributed by atoms with van der Waals surface area (Å²) in [6.07, 6.45) is 0. The summed E-state index contributed by atoms with van der Waals surface area (Å²) in [5, 5.41) is 12.8. The third-order valence-electron chi connectivity index (χ3n) is 3.15. The highest BCUT2D eigenvalue weighted by atomic mass is 16.2. The summed E-state index contributed by atoms with van der Waals surface area (Å²) in [5.41, 5.74) is 1.75. The molecule has 1 aromatic heterocycles. The lowest BCUT2D eigenvalue weighted by atomic mass is 10.2. The summed E-state index contributed by atoms with van der Waals surface area (Å²) in [4.78, 5) is 23.9. The fourth-order valence-corrected chi connectivity index (χ4v) is 2.11. The molecular weight excluding hydrogens is 280 g/mol. The predicted molar refractivity (Wildman–Crippen MR) is 83.5 cm³/mol. The first-order valence-corrected chi connectivity index (χ1v) is 6.80. The van der Waals surface area contributed by atoms with Crippen molar-refractivity contribution in [2.75, 3.05) is 11.9 Å². The average Bonchev–Trinajstić information content (AvgIpc) is 2.98. The zero-order chi connectivity index (χ0) is 15.4. The van der Waals surface area contributed by atoms with Gasteiger partial charge in [0.05, 0.1) is 12.1 Å². The smallest absolute Gasteiger partial charge is 0.272 e. The lowest BCUT2D eigenvalue weighted by Gasteiger charge is -2.05. The SMILES string of the molecule is O=C(CNC(=O)c1n[nH]c2ccccc12)Nc1ccccc1. The van der Waals surface area contributed by atoms with E-state index < -0.39 is 0 Å². The van der Waals surface area contributed by atoms with Crippen molar-refractivity contribution in [1.29, 1.82) is 0 Å². The summed E-state index contributed by atoms with van der Waals surface area (Å²) in [6.45, 7) is -0.116. The van der Waals surface area contributed by atoms with Gasteiger partial charge in [0, 0.05) is 11.1 Å². The zero-order valence-corrected chi connectivity index (χ0v) is 11.7. The number of hydrogen-bond acceptors (Lipinski definition) is 3. The van der Waals surface area contributed by atoms with E-state index in [0.29, 0.717) is 5.69 Å². The quantitative estimate of drug-likeness (QED) is 0.687. The number of rotatable bonds is 4. The predicted octanol–water partition coefficient (Wildman–Crippen LogP) is 1.93. The van der Waals surface area contributed by atoms with E-state index in [-0.39, 0.29) is 24.1 Å². The van der Waals surface area contributed by atoms with Gasteiger partial charge in [-0.15, -0.1) is 0 Å². The Morgan fingerprint density at radius 1 is 1.00 bits per heavy atom. The minimum absolute atomic E-state index is 0.116. The van der Waals surface area contributed by atoms with Crippen LogP contribution in [0.5, 0.6) is 0 Å². The Morgan fingerprint density at radius 2 is 1.73 bits per heavy atom. The van der Waals surface area contributed by atoms with E-state index in [2.05, 4.69) is 20.8 Å². The topological polar surface area (TPSA) is 86.9 Å². The number of benzene rings is 2. The van der Waals surface area contributed by atoms with E-state index in [1.165, 1.54) is 0 Å². The fraction of sp³-hybridized carbons (Fsp3) is 0.0625. The molecule has 3 rings (SSSR count). The highest BCUT2D eigenvalue weighted by Crippen LogP contribution is 2.14. The number of carbonyl (C=O) groups is 2. The first-order chi connectivity index (χ1) is 10.7. The number of anilines is 1. The third kappa shape index (κ3) is 2.95. The maximum absolute atomic E-state index is 12.1. The van der Waals surface area contributed by atoms with Crippen LogP contribution in [0.25, 0.3) is 10.9 Å². The zero-order valence-electron chi connectivity index (χ0n) is 11.7. The fourth-order valence-electron chi connectivity index (χ4n) is 2.11. The van der Waals surface area contributed by atoms with Crippen LogP contribution in [-0.4, -0.2) is 28.6 Å². The number of fused-ring (bicyclic) bond motifs is 1. The highest BCUT2D eigenvalue weighted by molar-refractivity contribution is 6.06. The highest BCUT2D eigenvalue weighted by Gasteiger charge is 2.14. The minimum Gasteiger partial charge on any atom is -0.342 e.